The largest absolute Gasteiger partial charge is 0.480 e. The number of aromatic amines is 1. The van der Waals surface area contributed by atoms with Crippen molar-refractivity contribution in [2.75, 3.05) is 0 Å². The number of H-pyrrole nitrogens is 1. The quantitative estimate of drug-likeness (QED) is 0.408. The topological polar surface area (TPSA) is 116 Å². The Labute approximate surface area is 212 Å². The van der Waals surface area contributed by atoms with Crippen LogP contribution in [0.2, 0.25) is 10.0 Å². The van der Waals surface area contributed by atoms with E-state index >= 15 is 0 Å². The predicted octanol–water partition coefficient (Wildman–Crippen LogP) is 4.05. The van der Waals surface area contributed by atoms with E-state index in [9.17, 15) is 14.7 Å². The van der Waals surface area contributed by atoms with Gasteiger partial charge >= 0.3 is 0 Å². The number of aromatic nitrogens is 2. The molecule has 4 N–H and O–H groups in total. The first-order valence-electron chi connectivity index (χ1n) is 11.7. The maximum Gasteiger partial charge on any atom is 0.261 e. The number of halogens is 2. The van der Waals surface area contributed by atoms with Crippen LogP contribution in [0.15, 0.2) is 36.4 Å². The molecule has 1 fully saturated rings. The summed E-state index contributed by atoms with van der Waals surface area (Å²) in [5.41, 5.74) is 2.23. The van der Waals surface area contributed by atoms with Gasteiger partial charge in [0.25, 0.3) is 5.91 Å². The van der Waals surface area contributed by atoms with Crippen LogP contribution < -0.4 is 15.4 Å². The minimum Gasteiger partial charge on any atom is -0.480 e. The summed E-state index contributed by atoms with van der Waals surface area (Å²) in [7, 11) is 0. The summed E-state index contributed by atoms with van der Waals surface area (Å²) in [6.45, 7) is 0.315. The summed E-state index contributed by atoms with van der Waals surface area (Å²) in [6, 6.07) is 10.4. The minimum absolute atomic E-state index is 0.0118. The number of aliphatic hydroxyl groups excluding tert-OH is 1. The van der Waals surface area contributed by atoms with Crippen molar-refractivity contribution in [3.05, 3.63) is 57.8 Å². The van der Waals surface area contributed by atoms with Crippen LogP contribution in [0.4, 0.5) is 0 Å². The van der Waals surface area contributed by atoms with Crippen molar-refractivity contribution in [3.8, 4) is 5.75 Å². The molecule has 2 heterocycles. The molecular formula is C25H26Cl2N4O4. The number of hydrogen-bond donors (Lipinski definition) is 4. The van der Waals surface area contributed by atoms with Crippen LogP contribution in [0.3, 0.4) is 0 Å². The fourth-order valence-corrected chi connectivity index (χ4v) is 5.16. The zero-order valence-corrected chi connectivity index (χ0v) is 20.4. The fourth-order valence-electron chi connectivity index (χ4n) is 4.81. The third-order valence-corrected chi connectivity index (χ3v) is 7.17. The van der Waals surface area contributed by atoms with Gasteiger partial charge in [-0.1, -0.05) is 23.2 Å². The molecule has 2 aliphatic rings. The molecule has 1 aliphatic carbocycles. The van der Waals surface area contributed by atoms with Gasteiger partial charge in [-0.15, -0.1) is 0 Å². The lowest BCUT2D eigenvalue weighted by Gasteiger charge is -2.32. The third-order valence-electron chi connectivity index (χ3n) is 6.70. The van der Waals surface area contributed by atoms with Crippen LogP contribution in [0, 0.1) is 5.92 Å². The van der Waals surface area contributed by atoms with Gasteiger partial charge < -0.3 is 25.5 Å². The van der Waals surface area contributed by atoms with Gasteiger partial charge in [0.1, 0.15) is 11.6 Å². The van der Waals surface area contributed by atoms with Crippen LogP contribution in [0.1, 0.15) is 49.6 Å². The van der Waals surface area contributed by atoms with Gasteiger partial charge in [0, 0.05) is 34.0 Å². The van der Waals surface area contributed by atoms with Gasteiger partial charge in [0.05, 0.1) is 23.7 Å². The first kappa shape index (κ1) is 23.9. The molecule has 2 unspecified atom stereocenters. The highest BCUT2D eigenvalue weighted by Crippen LogP contribution is 2.36. The van der Waals surface area contributed by atoms with E-state index in [2.05, 4.69) is 20.6 Å². The molecule has 2 amide bonds. The zero-order valence-electron chi connectivity index (χ0n) is 18.9. The normalized spacial score (nSPS) is 23.9. The van der Waals surface area contributed by atoms with E-state index in [1.807, 2.05) is 6.07 Å². The Hall–Kier alpha value is -2.81. The molecule has 5 rings (SSSR count). The first-order chi connectivity index (χ1) is 16.9. The average molecular weight is 517 g/mol. The first-order valence-corrected chi connectivity index (χ1v) is 12.5. The number of nitrogens with zero attached hydrogens (tertiary/aromatic N) is 1. The number of fused-ring (bicyclic) bond motifs is 2. The minimum atomic E-state index is -0.809. The Morgan fingerprint density at radius 3 is 2.60 bits per heavy atom. The molecule has 10 heteroatoms. The van der Waals surface area contributed by atoms with E-state index in [4.69, 9.17) is 27.9 Å². The van der Waals surface area contributed by atoms with Gasteiger partial charge in [0.2, 0.25) is 5.91 Å². The number of imidazole rings is 1. The highest BCUT2D eigenvalue weighted by Gasteiger charge is 2.34. The van der Waals surface area contributed by atoms with Gasteiger partial charge in [-0.25, -0.2) is 4.98 Å². The molecule has 0 saturated heterocycles. The van der Waals surface area contributed by atoms with Crippen LogP contribution in [-0.4, -0.2) is 39.0 Å². The highest BCUT2D eigenvalue weighted by molar-refractivity contribution is 6.31. The van der Waals surface area contributed by atoms with Crippen molar-refractivity contribution < 1.29 is 19.4 Å². The molecular weight excluding hydrogens is 491 g/mol. The SMILES string of the molecule is O=C(N[C@H]1CC[C@H](C(=O)NCc2nc3ccc(Cl)cc3[nH]2)CC1)C1CC(O)c2cc(Cl)ccc2O1. The fraction of sp³-hybridized carbons (Fsp3) is 0.400. The number of nitrogens with one attached hydrogen (secondary N) is 3. The number of amides is 2. The van der Waals surface area contributed by atoms with E-state index in [1.54, 1.807) is 30.3 Å². The van der Waals surface area contributed by atoms with Crippen molar-refractivity contribution >= 4 is 46.0 Å². The lowest BCUT2D eigenvalue weighted by molar-refractivity contribution is -0.131. The zero-order chi connectivity index (χ0) is 24.5. The Balaban J connectivity index is 1.09. The van der Waals surface area contributed by atoms with Gasteiger partial charge in [-0.3, -0.25) is 9.59 Å². The Morgan fingerprint density at radius 1 is 1.06 bits per heavy atom. The summed E-state index contributed by atoms with van der Waals surface area (Å²) >= 11 is 12.0. The maximum atomic E-state index is 12.8. The van der Waals surface area contributed by atoms with Crippen molar-refractivity contribution in [2.45, 2.75) is 56.9 Å². The summed E-state index contributed by atoms with van der Waals surface area (Å²) in [6.07, 6.45) is 1.37. The second-order valence-electron chi connectivity index (χ2n) is 9.16. The molecule has 0 bridgehead atoms. The molecule has 1 aliphatic heterocycles. The van der Waals surface area contributed by atoms with E-state index in [1.165, 1.54) is 0 Å². The number of carbonyl (C=O) groups excluding carboxylic acids is 2. The van der Waals surface area contributed by atoms with Crippen molar-refractivity contribution in [1.29, 1.82) is 0 Å². The molecule has 2 aromatic carbocycles. The van der Waals surface area contributed by atoms with Crippen molar-refractivity contribution in [3.63, 3.8) is 0 Å². The monoisotopic (exact) mass is 516 g/mol. The lowest BCUT2D eigenvalue weighted by Crippen LogP contribution is -2.47. The third kappa shape index (κ3) is 5.39. The molecule has 1 saturated carbocycles. The molecule has 184 valence electrons. The van der Waals surface area contributed by atoms with E-state index in [0.717, 1.165) is 11.0 Å². The van der Waals surface area contributed by atoms with E-state index in [0.29, 0.717) is 59.4 Å². The van der Waals surface area contributed by atoms with Crippen LogP contribution >= 0.6 is 23.2 Å². The van der Waals surface area contributed by atoms with Crippen LogP contribution in [0.5, 0.6) is 5.75 Å². The second-order valence-corrected chi connectivity index (χ2v) is 10.0. The molecule has 3 aromatic rings. The van der Waals surface area contributed by atoms with E-state index in [-0.39, 0.29) is 30.2 Å². The molecule has 0 spiro atoms. The molecule has 35 heavy (non-hydrogen) atoms. The Morgan fingerprint density at radius 2 is 1.80 bits per heavy atom. The lowest BCUT2D eigenvalue weighted by atomic mass is 9.85. The maximum absolute atomic E-state index is 12.8. The second kappa shape index (κ2) is 10.0. The number of hydrogen-bond acceptors (Lipinski definition) is 5. The summed E-state index contributed by atoms with van der Waals surface area (Å²) < 4.78 is 5.81. The van der Waals surface area contributed by atoms with Gasteiger partial charge in [-0.05, 0) is 62.1 Å². The standard InChI is InChI=1S/C25H26Cl2N4O4/c26-14-4-8-21-17(9-14)20(32)11-22(35-21)25(34)29-16-5-1-13(2-6-16)24(33)28-12-23-30-18-7-3-15(27)10-19(18)31-23/h3-4,7-10,13,16,20,22,32H,1-2,5-6,11-12H2,(H,28,33)(H,29,34)(H,30,31)/t13-,16-,20?,22?. The van der Waals surface area contributed by atoms with Crippen LogP contribution in [0.25, 0.3) is 11.0 Å². The summed E-state index contributed by atoms with van der Waals surface area (Å²) in [5.74, 6) is 0.785. The highest BCUT2D eigenvalue weighted by atomic mass is 35.5. The van der Waals surface area contributed by atoms with E-state index < -0.39 is 12.2 Å². The summed E-state index contributed by atoms with van der Waals surface area (Å²) in [4.78, 5) is 33.1. The van der Waals surface area contributed by atoms with Crippen molar-refractivity contribution in [2.24, 2.45) is 5.92 Å². The number of aliphatic hydroxyl groups is 1. The molecule has 8 nitrogen and oxygen atoms in total. The van der Waals surface area contributed by atoms with Gasteiger partial charge in [0.15, 0.2) is 6.10 Å². The molecule has 0 radical (unpaired) electrons. The number of carbonyl (C=O) groups is 2. The molecule has 2 atom stereocenters. The van der Waals surface area contributed by atoms with Crippen molar-refractivity contribution in [1.82, 2.24) is 20.6 Å². The smallest absolute Gasteiger partial charge is 0.261 e. The van der Waals surface area contributed by atoms with Crippen LogP contribution in [-0.2, 0) is 16.1 Å². The number of rotatable bonds is 5. The Kier molecular flexibility index (Phi) is 6.86. The summed E-state index contributed by atoms with van der Waals surface area (Å²) in [5, 5.41) is 17.5. The van der Waals surface area contributed by atoms with Gasteiger partial charge in [-0.2, -0.15) is 0 Å². The number of benzene rings is 2. The Bertz CT molecular complexity index is 1260. The predicted molar refractivity (Wildman–Crippen MR) is 132 cm³/mol. The number of ether oxygens (including phenoxy) is 1. The molecule has 1 aromatic heterocycles. The average Bonchev–Trinajstić information content (AvgIpc) is 3.25.